The topological polar surface area (TPSA) is 63.5 Å². The third-order valence-corrected chi connectivity index (χ3v) is 4.16. The molecule has 0 radical (unpaired) electrons. The van der Waals surface area contributed by atoms with E-state index >= 15 is 0 Å². The van der Waals surface area contributed by atoms with Gasteiger partial charge in [-0.3, -0.25) is 0 Å². The van der Waals surface area contributed by atoms with Gasteiger partial charge in [0.15, 0.2) is 5.96 Å². The van der Waals surface area contributed by atoms with E-state index < -0.39 is 0 Å². The number of aromatic nitrogens is 2. The Morgan fingerprint density at radius 1 is 1.07 bits per heavy atom. The molecule has 0 saturated heterocycles. The summed E-state index contributed by atoms with van der Waals surface area (Å²) in [5, 5.41) is 6.71. The molecular formula is C21H25N5O. The van der Waals surface area contributed by atoms with Crippen LogP contribution < -0.4 is 15.4 Å². The maximum Gasteiger partial charge on any atom is 0.191 e. The number of para-hydroxylation sites is 2. The van der Waals surface area contributed by atoms with Gasteiger partial charge in [0.25, 0.3) is 0 Å². The van der Waals surface area contributed by atoms with Gasteiger partial charge < -0.3 is 19.9 Å². The molecule has 140 valence electrons. The molecule has 0 atom stereocenters. The van der Waals surface area contributed by atoms with Gasteiger partial charge in [0.1, 0.15) is 5.75 Å². The van der Waals surface area contributed by atoms with Crippen LogP contribution in [0.1, 0.15) is 18.1 Å². The highest BCUT2D eigenvalue weighted by Crippen LogP contribution is 2.18. The van der Waals surface area contributed by atoms with E-state index in [1.807, 2.05) is 47.2 Å². The van der Waals surface area contributed by atoms with Gasteiger partial charge >= 0.3 is 0 Å². The Kier molecular flexibility index (Phi) is 6.46. The molecule has 0 aliphatic rings. The molecule has 6 heteroatoms. The fraction of sp³-hybridized carbons (Fsp3) is 0.238. The van der Waals surface area contributed by atoms with Crippen molar-refractivity contribution in [3.8, 4) is 11.4 Å². The van der Waals surface area contributed by atoms with Crippen LogP contribution in [0, 0.1) is 0 Å². The lowest BCUT2D eigenvalue weighted by molar-refractivity contribution is 0.410. The zero-order valence-electron chi connectivity index (χ0n) is 15.7. The summed E-state index contributed by atoms with van der Waals surface area (Å²) in [5.74, 6) is 1.62. The summed E-state index contributed by atoms with van der Waals surface area (Å²) in [5.41, 5.74) is 3.32. The van der Waals surface area contributed by atoms with Crippen molar-refractivity contribution in [1.82, 2.24) is 20.2 Å². The van der Waals surface area contributed by atoms with Crippen LogP contribution >= 0.6 is 0 Å². The largest absolute Gasteiger partial charge is 0.496 e. The zero-order chi connectivity index (χ0) is 18.9. The Hall–Kier alpha value is -3.28. The number of ether oxygens (including phenoxy) is 1. The van der Waals surface area contributed by atoms with Gasteiger partial charge in [-0.2, -0.15) is 0 Å². The Balaban J connectivity index is 1.72. The van der Waals surface area contributed by atoms with Crippen molar-refractivity contribution in [1.29, 1.82) is 0 Å². The first kappa shape index (κ1) is 18.5. The van der Waals surface area contributed by atoms with Crippen molar-refractivity contribution in [2.24, 2.45) is 4.99 Å². The number of methoxy groups -OCH3 is 1. The Labute approximate surface area is 159 Å². The maximum absolute atomic E-state index is 5.41. The molecule has 0 amide bonds. The lowest BCUT2D eigenvalue weighted by Gasteiger charge is -2.14. The molecule has 0 spiro atoms. The molecule has 3 rings (SSSR count). The number of hydrogen-bond acceptors (Lipinski definition) is 3. The normalized spacial score (nSPS) is 11.3. The second-order valence-electron chi connectivity index (χ2n) is 5.96. The fourth-order valence-electron chi connectivity index (χ4n) is 2.83. The average Bonchev–Trinajstić information content (AvgIpc) is 3.25. The van der Waals surface area contributed by atoms with E-state index in [2.05, 4.69) is 34.7 Å². The number of guanidine groups is 1. The predicted molar refractivity (Wildman–Crippen MR) is 108 cm³/mol. The second kappa shape index (κ2) is 9.43. The molecule has 0 fully saturated rings. The van der Waals surface area contributed by atoms with Gasteiger partial charge in [0, 0.05) is 31.0 Å². The van der Waals surface area contributed by atoms with E-state index in [0.29, 0.717) is 13.1 Å². The van der Waals surface area contributed by atoms with E-state index in [9.17, 15) is 0 Å². The molecule has 27 heavy (non-hydrogen) atoms. The van der Waals surface area contributed by atoms with Crippen LogP contribution in [-0.4, -0.2) is 29.2 Å². The van der Waals surface area contributed by atoms with Gasteiger partial charge in [-0.25, -0.2) is 9.98 Å². The van der Waals surface area contributed by atoms with Crippen LogP contribution in [0.3, 0.4) is 0 Å². The lowest BCUT2D eigenvalue weighted by atomic mass is 10.1. The van der Waals surface area contributed by atoms with E-state index in [1.54, 1.807) is 19.6 Å². The summed E-state index contributed by atoms with van der Waals surface area (Å²) in [4.78, 5) is 8.83. The monoisotopic (exact) mass is 363 g/mol. The quantitative estimate of drug-likeness (QED) is 0.500. The molecule has 0 unspecified atom stereocenters. The van der Waals surface area contributed by atoms with Crippen LogP contribution in [0.4, 0.5) is 0 Å². The number of benzene rings is 2. The minimum atomic E-state index is 0.544. The first-order chi connectivity index (χ1) is 13.3. The standard InChI is InChI=1S/C21H25N5O/c1-3-23-21(25-15-18-9-5-7-11-20(18)27-2)24-14-17-8-4-6-10-19(17)26-13-12-22-16-26/h4-13,16H,3,14-15H2,1-2H3,(H2,23,24,25). The van der Waals surface area contributed by atoms with Crippen LogP contribution in [0.25, 0.3) is 5.69 Å². The molecule has 0 bridgehead atoms. The van der Waals surface area contributed by atoms with Crippen LogP contribution in [0.15, 0.2) is 72.2 Å². The fourth-order valence-corrected chi connectivity index (χ4v) is 2.83. The number of rotatable bonds is 7. The minimum Gasteiger partial charge on any atom is -0.496 e. The van der Waals surface area contributed by atoms with Gasteiger partial charge in [-0.15, -0.1) is 0 Å². The predicted octanol–water partition coefficient (Wildman–Crippen LogP) is 3.14. The summed E-state index contributed by atoms with van der Waals surface area (Å²) < 4.78 is 7.42. The van der Waals surface area contributed by atoms with E-state index in [4.69, 9.17) is 9.73 Å². The highest BCUT2D eigenvalue weighted by molar-refractivity contribution is 5.79. The molecule has 2 aromatic carbocycles. The number of nitrogens with one attached hydrogen (secondary N) is 2. The highest BCUT2D eigenvalue weighted by atomic mass is 16.5. The first-order valence-electron chi connectivity index (χ1n) is 9.02. The molecule has 1 aromatic heterocycles. The number of imidazole rings is 1. The smallest absolute Gasteiger partial charge is 0.191 e. The molecule has 0 aliphatic carbocycles. The first-order valence-corrected chi connectivity index (χ1v) is 9.02. The second-order valence-corrected chi connectivity index (χ2v) is 5.96. The molecule has 6 nitrogen and oxygen atoms in total. The van der Waals surface area contributed by atoms with E-state index in [1.165, 1.54) is 5.56 Å². The van der Waals surface area contributed by atoms with E-state index in [0.717, 1.165) is 29.5 Å². The van der Waals surface area contributed by atoms with Crippen molar-refractivity contribution >= 4 is 5.96 Å². The van der Waals surface area contributed by atoms with E-state index in [-0.39, 0.29) is 0 Å². The van der Waals surface area contributed by atoms with Crippen molar-refractivity contribution in [2.45, 2.75) is 20.0 Å². The average molecular weight is 363 g/mol. The van der Waals surface area contributed by atoms with Gasteiger partial charge in [0.2, 0.25) is 0 Å². The Bertz CT molecular complexity index is 874. The summed E-state index contributed by atoms with van der Waals surface area (Å²) in [6.45, 7) is 4.05. The zero-order valence-corrected chi connectivity index (χ0v) is 15.7. The van der Waals surface area contributed by atoms with Crippen LogP contribution in [0.5, 0.6) is 5.75 Å². The van der Waals surface area contributed by atoms with Gasteiger partial charge in [-0.05, 0) is 24.6 Å². The maximum atomic E-state index is 5.41. The number of aliphatic imine (C=N–C) groups is 1. The molecule has 0 aliphatic heterocycles. The Morgan fingerprint density at radius 3 is 2.59 bits per heavy atom. The minimum absolute atomic E-state index is 0.544. The van der Waals surface area contributed by atoms with Crippen molar-refractivity contribution < 1.29 is 4.74 Å². The van der Waals surface area contributed by atoms with Crippen LogP contribution in [-0.2, 0) is 13.1 Å². The molecule has 2 N–H and O–H groups in total. The number of hydrogen-bond donors (Lipinski definition) is 2. The third kappa shape index (κ3) is 4.88. The SMILES string of the molecule is CCNC(=NCc1ccccc1OC)NCc1ccccc1-n1ccnc1. The molecular weight excluding hydrogens is 338 g/mol. The summed E-state index contributed by atoms with van der Waals surface area (Å²) in [6, 6.07) is 16.2. The number of nitrogens with zero attached hydrogens (tertiary/aromatic N) is 3. The summed E-state index contributed by atoms with van der Waals surface area (Å²) in [7, 11) is 1.68. The third-order valence-electron chi connectivity index (χ3n) is 4.16. The summed E-state index contributed by atoms with van der Waals surface area (Å²) in [6.07, 6.45) is 5.53. The Morgan fingerprint density at radius 2 is 1.85 bits per heavy atom. The van der Waals surface area contributed by atoms with Crippen molar-refractivity contribution in [3.63, 3.8) is 0 Å². The lowest BCUT2D eigenvalue weighted by Crippen LogP contribution is -2.37. The molecule has 0 saturated carbocycles. The van der Waals surface area contributed by atoms with Gasteiger partial charge in [0.05, 0.1) is 25.7 Å². The van der Waals surface area contributed by atoms with Crippen LogP contribution in [0.2, 0.25) is 0 Å². The van der Waals surface area contributed by atoms with Crippen molar-refractivity contribution in [2.75, 3.05) is 13.7 Å². The molecule has 1 heterocycles. The molecule has 3 aromatic rings. The highest BCUT2D eigenvalue weighted by Gasteiger charge is 2.06. The van der Waals surface area contributed by atoms with Gasteiger partial charge in [-0.1, -0.05) is 36.4 Å². The van der Waals surface area contributed by atoms with Crippen molar-refractivity contribution in [3.05, 3.63) is 78.4 Å². The summed E-state index contributed by atoms with van der Waals surface area (Å²) >= 11 is 0.